The molecular formula is C13H8ClFN2O3. The highest BCUT2D eigenvalue weighted by Crippen LogP contribution is 2.23. The first-order valence-electron chi connectivity index (χ1n) is 5.48. The standard InChI is InChI=1S/C13H8ClFN2O3/c14-11-7-9(15)4-5-12(11)16-13(18)8-2-1-3-10(6-8)17(19)20/h1-7H,(H,16,18). The van der Waals surface area contributed by atoms with Gasteiger partial charge in [0.05, 0.1) is 15.6 Å². The Bertz CT molecular complexity index is 691. The van der Waals surface area contributed by atoms with E-state index in [9.17, 15) is 19.3 Å². The Morgan fingerprint density at radius 1 is 1.25 bits per heavy atom. The Morgan fingerprint density at radius 2 is 2.00 bits per heavy atom. The van der Waals surface area contributed by atoms with Crippen LogP contribution in [0.15, 0.2) is 42.5 Å². The van der Waals surface area contributed by atoms with Crippen LogP contribution in [0.5, 0.6) is 0 Å². The van der Waals surface area contributed by atoms with Crippen LogP contribution in [-0.2, 0) is 0 Å². The summed E-state index contributed by atoms with van der Waals surface area (Å²) in [6.07, 6.45) is 0. The number of nitro benzene ring substituents is 1. The maximum Gasteiger partial charge on any atom is 0.270 e. The van der Waals surface area contributed by atoms with Gasteiger partial charge in [-0.25, -0.2) is 4.39 Å². The molecule has 0 atom stereocenters. The van der Waals surface area contributed by atoms with Crippen molar-refractivity contribution in [2.75, 3.05) is 5.32 Å². The molecule has 0 aliphatic rings. The summed E-state index contributed by atoms with van der Waals surface area (Å²) >= 11 is 5.78. The summed E-state index contributed by atoms with van der Waals surface area (Å²) in [5.74, 6) is -1.09. The van der Waals surface area contributed by atoms with Gasteiger partial charge in [-0.2, -0.15) is 0 Å². The van der Waals surface area contributed by atoms with Crippen molar-refractivity contribution in [3.8, 4) is 0 Å². The molecule has 2 rings (SSSR count). The first-order valence-corrected chi connectivity index (χ1v) is 5.86. The largest absolute Gasteiger partial charge is 0.321 e. The first-order chi connectivity index (χ1) is 9.47. The van der Waals surface area contributed by atoms with E-state index in [4.69, 9.17) is 11.6 Å². The maximum absolute atomic E-state index is 12.9. The van der Waals surface area contributed by atoms with Crippen molar-refractivity contribution in [2.24, 2.45) is 0 Å². The quantitative estimate of drug-likeness (QED) is 0.694. The van der Waals surface area contributed by atoms with Gasteiger partial charge in [-0.1, -0.05) is 17.7 Å². The third-order valence-corrected chi connectivity index (χ3v) is 2.81. The second kappa shape index (κ2) is 5.66. The van der Waals surface area contributed by atoms with Crippen molar-refractivity contribution < 1.29 is 14.1 Å². The normalized spacial score (nSPS) is 10.1. The zero-order valence-electron chi connectivity index (χ0n) is 9.97. The summed E-state index contributed by atoms with van der Waals surface area (Å²) < 4.78 is 12.9. The molecule has 1 amide bonds. The van der Waals surface area contributed by atoms with Gasteiger partial charge in [0.1, 0.15) is 5.82 Å². The summed E-state index contributed by atoms with van der Waals surface area (Å²) in [5, 5.41) is 13.1. The zero-order valence-corrected chi connectivity index (χ0v) is 10.7. The molecule has 2 aromatic rings. The molecule has 1 N–H and O–H groups in total. The van der Waals surface area contributed by atoms with Crippen LogP contribution in [0.2, 0.25) is 5.02 Å². The fourth-order valence-electron chi connectivity index (χ4n) is 1.55. The third-order valence-electron chi connectivity index (χ3n) is 2.50. The minimum atomic E-state index is -0.596. The Hall–Kier alpha value is -2.47. The number of non-ortho nitro benzene ring substituents is 1. The van der Waals surface area contributed by atoms with Crippen LogP contribution in [0.3, 0.4) is 0 Å². The average Bonchev–Trinajstić information content (AvgIpc) is 2.42. The minimum absolute atomic E-state index is 0.0452. The van der Waals surface area contributed by atoms with E-state index in [1.54, 1.807) is 0 Å². The molecule has 0 fully saturated rings. The third kappa shape index (κ3) is 3.10. The second-order valence-corrected chi connectivity index (χ2v) is 4.29. The molecule has 20 heavy (non-hydrogen) atoms. The molecule has 0 radical (unpaired) electrons. The Morgan fingerprint density at radius 3 is 2.65 bits per heavy atom. The first kappa shape index (κ1) is 14.0. The molecule has 5 nitrogen and oxygen atoms in total. The van der Waals surface area contributed by atoms with Crippen LogP contribution in [0.4, 0.5) is 15.8 Å². The highest BCUT2D eigenvalue weighted by Gasteiger charge is 2.13. The van der Waals surface area contributed by atoms with Crippen molar-refractivity contribution in [1.29, 1.82) is 0 Å². The van der Waals surface area contributed by atoms with Crippen LogP contribution in [0.25, 0.3) is 0 Å². The van der Waals surface area contributed by atoms with E-state index < -0.39 is 16.6 Å². The molecular weight excluding hydrogens is 287 g/mol. The van der Waals surface area contributed by atoms with E-state index in [-0.39, 0.29) is 22.0 Å². The smallest absolute Gasteiger partial charge is 0.270 e. The van der Waals surface area contributed by atoms with Crippen molar-refractivity contribution in [3.05, 3.63) is 69.0 Å². The van der Waals surface area contributed by atoms with Gasteiger partial charge in [0, 0.05) is 17.7 Å². The highest BCUT2D eigenvalue weighted by molar-refractivity contribution is 6.33. The predicted molar refractivity (Wildman–Crippen MR) is 72.5 cm³/mol. The fourth-order valence-corrected chi connectivity index (χ4v) is 1.76. The lowest BCUT2D eigenvalue weighted by Crippen LogP contribution is -2.12. The molecule has 0 unspecified atom stereocenters. The molecule has 0 aliphatic carbocycles. The van der Waals surface area contributed by atoms with Gasteiger partial charge in [-0.15, -0.1) is 0 Å². The second-order valence-electron chi connectivity index (χ2n) is 3.89. The van der Waals surface area contributed by atoms with Crippen molar-refractivity contribution in [3.63, 3.8) is 0 Å². The summed E-state index contributed by atoms with van der Waals surface area (Å²) in [4.78, 5) is 22.0. The molecule has 0 aromatic heterocycles. The lowest BCUT2D eigenvalue weighted by Gasteiger charge is -2.07. The molecule has 7 heteroatoms. The number of nitro groups is 1. The molecule has 0 bridgehead atoms. The molecule has 102 valence electrons. The number of hydrogen-bond donors (Lipinski definition) is 1. The Balaban J connectivity index is 2.24. The fraction of sp³-hybridized carbons (Fsp3) is 0. The van der Waals surface area contributed by atoms with Gasteiger partial charge >= 0.3 is 0 Å². The molecule has 0 heterocycles. The van der Waals surface area contributed by atoms with Crippen LogP contribution >= 0.6 is 11.6 Å². The molecule has 0 spiro atoms. The van der Waals surface area contributed by atoms with E-state index in [1.165, 1.54) is 24.3 Å². The van der Waals surface area contributed by atoms with E-state index in [2.05, 4.69) is 5.32 Å². The van der Waals surface area contributed by atoms with E-state index in [0.717, 1.165) is 18.2 Å². The number of carbonyl (C=O) groups excluding carboxylic acids is 1. The van der Waals surface area contributed by atoms with Gasteiger partial charge in [-0.3, -0.25) is 14.9 Å². The average molecular weight is 295 g/mol. The summed E-state index contributed by atoms with van der Waals surface area (Å²) in [5.41, 5.74) is 0.145. The summed E-state index contributed by atoms with van der Waals surface area (Å²) in [6.45, 7) is 0. The number of benzene rings is 2. The van der Waals surface area contributed by atoms with Gasteiger partial charge in [0.15, 0.2) is 0 Å². The van der Waals surface area contributed by atoms with Crippen LogP contribution < -0.4 is 5.32 Å². The number of nitrogens with one attached hydrogen (secondary N) is 1. The monoisotopic (exact) mass is 294 g/mol. The molecule has 0 saturated heterocycles. The highest BCUT2D eigenvalue weighted by atomic mass is 35.5. The van der Waals surface area contributed by atoms with Crippen molar-refractivity contribution in [1.82, 2.24) is 0 Å². The van der Waals surface area contributed by atoms with E-state index in [0.29, 0.717) is 0 Å². The number of carbonyl (C=O) groups is 1. The number of anilines is 1. The zero-order chi connectivity index (χ0) is 14.7. The van der Waals surface area contributed by atoms with Gasteiger partial charge < -0.3 is 5.32 Å². The van der Waals surface area contributed by atoms with E-state index in [1.807, 2.05) is 0 Å². The number of halogens is 2. The predicted octanol–water partition coefficient (Wildman–Crippen LogP) is 3.64. The van der Waals surface area contributed by atoms with Gasteiger partial charge in [0.25, 0.3) is 11.6 Å². The Kier molecular flexibility index (Phi) is 3.95. The molecule has 0 saturated carbocycles. The van der Waals surface area contributed by atoms with Gasteiger partial charge in [0.2, 0.25) is 0 Å². The SMILES string of the molecule is O=C(Nc1ccc(F)cc1Cl)c1cccc([N+](=O)[O-])c1. The number of rotatable bonds is 3. The summed E-state index contributed by atoms with van der Waals surface area (Å²) in [7, 11) is 0. The van der Waals surface area contributed by atoms with Crippen LogP contribution in [-0.4, -0.2) is 10.8 Å². The number of hydrogen-bond acceptors (Lipinski definition) is 3. The van der Waals surface area contributed by atoms with Crippen LogP contribution in [0.1, 0.15) is 10.4 Å². The minimum Gasteiger partial charge on any atom is -0.321 e. The van der Waals surface area contributed by atoms with E-state index >= 15 is 0 Å². The Labute approximate surface area is 118 Å². The topological polar surface area (TPSA) is 72.2 Å². The summed E-state index contributed by atoms with van der Waals surface area (Å²) in [6, 6.07) is 8.78. The van der Waals surface area contributed by atoms with Crippen molar-refractivity contribution in [2.45, 2.75) is 0 Å². The lowest BCUT2D eigenvalue weighted by molar-refractivity contribution is -0.384. The lowest BCUT2D eigenvalue weighted by atomic mass is 10.2. The molecule has 2 aromatic carbocycles. The van der Waals surface area contributed by atoms with Crippen LogP contribution in [0, 0.1) is 15.9 Å². The maximum atomic E-state index is 12.9. The number of nitrogens with zero attached hydrogens (tertiary/aromatic N) is 1. The number of amides is 1. The van der Waals surface area contributed by atoms with Gasteiger partial charge in [-0.05, 0) is 24.3 Å². The van der Waals surface area contributed by atoms with Crippen molar-refractivity contribution >= 4 is 28.9 Å². The molecule has 0 aliphatic heterocycles.